The molecule has 0 radical (unpaired) electrons. The number of carbonyl (C=O) groups is 1. The summed E-state index contributed by atoms with van der Waals surface area (Å²) < 4.78 is 14.1. The molecule has 0 saturated carbocycles. The number of fused-ring (bicyclic) bond motifs is 1. The number of thioether (sulfide) groups is 2. The number of amides is 1. The molecular weight excluding hydrogens is 425 g/mol. The van der Waals surface area contributed by atoms with E-state index in [1.807, 2.05) is 26.4 Å². The van der Waals surface area contributed by atoms with Crippen LogP contribution in [0.2, 0.25) is 0 Å². The SMILES string of the molecule is CSc1cccc2sc(N(CCN(C)C)C(=O)CCSc3ccc(F)cc3)nc12. The number of anilines is 1. The molecule has 0 fully saturated rings. The van der Waals surface area contributed by atoms with Crippen molar-refractivity contribution in [3.05, 3.63) is 48.3 Å². The predicted molar refractivity (Wildman–Crippen MR) is 124 cm³/mol. The lowest BCUT2D eigenvalue weighted by molar-refractivity contribution is -0.118. The van der Waals surface area contributed by atoms with Gasteiger partial charge in [-0.05, 0) is 56.7 Å². The van der Waals surface area contributed by atoms with Crippen LogP contribution in [-0.4, -0.2) is 55.0 Å². The number of carbonyl (C=O) groups excluding carboxylic acids is 1. The Morgan fingerprint density at radius 3 is 2.59 bits per heavy atom. The lowest BCUT2D eigenvalue weighted by atomic mass is 10.3. The van der Waals surface area contributed by atoms with E-state index in [4.69, 9.17) is 4.98 Å². The summed E-state index contributed by atoms with van der Waals surface area (Å²) in [5, 5.41) is 0.750. The Labute approximate surface area is 183 Å². The van der Waals surface area contributed by atoms with E-state index < -0.39 is 0 Å². The van der Waals surface area contributed by atoms with Crippen molar-refractivity contribution in [2.24, 2.45) is 0 Å². The van der Waals surface area contributed by atoms with Crippen LogP contribution in [0.15, 0.2) is 52.3 Å². The number of nitrogens with zero attached hydrogens (tertiary/aromatic N) is 3. The highest BCUT2D eigenvalue weighted by Gasteiger charge is 2.20. The molecule has 1 amide bonds. The van der Waals surface area contributed by atoms with Gasteiger partial charge in [0.15, 0.2) is 5.13 Å². The molecule has 1 heterocycles. The van der Waals surface area contributed by atoms with Crippen molar-refractivity contribution in [2.75, 3.05) is 44.1 Å². The Balaban J connectivity index is 1.73. The fourth-order valence-electron chi connectivity index (χ4n) is 2.74. The van der Waals surface area contributed by atoms with E-state index in [0.717, 1.165) is 31.7 Å². The van der Waals surface area contributed by atoms with Crippen molar-refractivity contribution in [1.82, 2.24) is 9.88 Å². The molecule has 3 aromatic rings. The van der Waals surface area contributed by atoms with Crippen LogP contribution in [0.3, 0.4) is 0 Å². The van der Waals surface area contributed by atoms with Crippen LogP contribution in [0.4, 0.5) is 9.52 Å². The van der Waals surface area contributed by atoms with E-state index in [1.165, 1.54) is 12.1 Å². The van der Waals surface area contributed by atoms with Crippen molar-refractivity contribution >= 4 is 56.1 Å². The maximum absolute atomic E-state index is 13.0. The summed E-state index contributed by atoms with van der Waals surface area (Å²) in [7, 11) is 3.99. The zero-order valence-corrected chi connectivity index (χ0v) is 19.2. The fraction of sp³-hybridized carbons (Fsp3) is 0.333. The number of likely N-dealkylation sites (N-methyl/N-ethyl adjacent to an activating group) is 1. The Morgan fingerprint density at radius 2 is 1.90 bits per heavy atom. The highest BCUT2D eigenvalue weighted by Crippen LogP contribution is 2.34. The molecule has 3 rings (SSSR count). The largest absolute Gasteiger partial charge is 0.308 e. The number of benzene rings is 2. The summed E-state index contributed by atoms with van der Waals surface area (Å²) in [6.45, 7) is 1.36. The first kappa shape index (κ1) is 22.1. The topological polar surface area (TPSA) is 36.4 Å². The molecule has 0 bridgehead atoms. The molecule has 0 aliphatic rings. The Kier molecular flexibility index (Phi) is 7.94. The van der Waals surface area contributed by atoms with Crippen molar-refractivity contribution in [3.8, 4) is 0 Å². The summed E-state index contributed by atoms with van der Waals surface area (Å²) in [6.07, 6.45) is 2.44. The maximum atomic E-state index is 13.0. The average Bonchev–Trinajstić information content (AvgIpc) is 3.13. The van der Waals surface area contributed by atoms with Gasteiger partial charge in [-0.15, -0.1) is 23.5 Å². The third-order valence-corrected chi connectivity index (χ3v) is 7.12. The summed E-state index contributed by atoms with van der Waals surface area (Å²) >= 11 is 4.79. The summed E-state index contributed by atoms with van der Waals surface area (Å²) in [5.41, 5.74) is 0.961. The minimum absolute atomic E-state index is 0.0613. The summed E-state index contributed by atoms with van der Waals surface area (Å²) in [5.74, 6) is 0.455. The number of aromatic nitrogens is 1. The smallest absolute Gasteiger partial charge is 0.229 e. The standard InChI is InChI=1S/C21H24FN3OS3/c1-24(2)12-13-25(19(26)11-14-28-16-9-7-15(22)8-10-16)21-23-20-17(27-3)5-4-6-18(20)29-21/h4-10H,11-14H2,1-3H3. The third-order valence-electron chi connectivity index (χ3n) is 4.29. The zero-order chi connectivity index (χ0) is 20.8. The molecule has 4 nitrogen and oxygen atoms in total. The second-order valence-electron chi connectivity index (χ2n) is 6.70. The highest BCUT2D eigenvalue weighted by atomic mass is 32.2. The Bertz CT molecular complexity index is 959. The zero-order valence-electron chi connectivity index (χ0n) is 16.7. The molecule has 0 unspecified atom stereocenters. The van der Waals surface area contributed by atoms with Gasteiger partial charge in [0.2, 0.25) is 5.91 Å². The van der Waals surface area contributed by atoms with E-state index >= 15 is 0 Å². The Hall–Kier alpha value is -1.61. The van der Waals surface area contributed by atoms with Crippen molar-refractivity contribution < 1.29 is 9.18 Å². The second-order valence-corrected chi connectivity index (χ2v) is 9.73. The number of hydrogen-bond acceptors (Lipinski definition) is 6. The number of halogens is 1. The van der Waals surface area contributed by atoms with Gasteiger partial charge in [0.05, 0.1) is 10.2 Å². The molecule has 29 heavy (non-hydrogen) atoms. The predicted octanol–water partition coefficient (Wildman–Crippen LogP) is 5.23. The van der Waals surface area contributed by atoms with E-state index in [9.17, 15) is 9.18 Å². The van der Waals surface area contributed by atoms with Crippen LogP contribution in [0.1, 0.15) is 6.42 Å². The van der Waals surface area contributed by atoms with E-state index in [1.54, 1.807) is 51.9 Å². The van der Waals surface area contributed by atoms with E-state index in [0.29, 0.717) is 18.7 Å². The molecule has 0 spiro atoms. The second kappa shape index (κ2) is 10.4. The van der Waals surface area contributed by atoms with Gasteiger partial charge in [0, 0.05) is 35.1 Å². The Morgan fingerprint density at radius 1 is 1.14 bits per heavy atom. The summed E-state index contributed by atoms with van der Waals surface area (Å²) in [6, 6.07) is 12.5. The number of rotatable bonds is 9. The van der Waals surface area contributed by atoms with Crippen LogP contribution in [0.5, 0.6) is 0 Å². The highest BCUT2D eigenvalue weighted by molar-refractivity contribution is 7.99. The molecule has 0 atom stereocenters. The third kappa shape index (κ3) is 5.94. The molecule has 0 saturated heterocycles. The number of thiazole rings is 1. The molecular formula is C21H24FN3OS3. The van der Waals surface area contributed by atoms with Crippen molar-refractivity contribution in [3.63, 3.8) is 0 Å². The molecule has 8 heteroatoms. The van der Waals surface area contributed by atoms with Gasteiger partial charge in [0.25, 0.3) is 0 Å². The molecule has 0 aliphatic carbocycles. The van der Waals surface area contributed by atoms with Crippen LogP contribution >= 0.6 is 34.9 Å². The van der Waals surface area contributed by atoms with E-state index in [-0.39, 0.29) is 11.7 Å². The van der Waals surface area contributed by atoms with Crippen LogP contribution in [-0.2, 0) is 4.79 Å². The van der Waals surface area contributed by atoms with Crippen molar-refractivity contribution in [2.45, 2.75) is 16.2 Å². The van der Waals surface area contributed by atoms with Crippen molar-refractivity contribution in [1.29, 1.82) is 0 Å². The molecule has 0 aliphatic heterocycles. The molecule has 2 aromatic carbocycles. The first-order chi connectivity index (χ1) is 14.0. The lowest BCUT2D eigenvalue weighted by Gasteiger charge is -2.22. The number of para-hydroxylation sites is 1. The number of hydrogen-bond donors (Lipinski definition) is 0. The summed E-state index contributed by atoms with van der Waals surface area (Å²) in [4.78, 5) is 23.8. The molecule has 1 aromatic heterocycles. The van der Waals surface area contributed by atoms with Gasteiger partial charge < -0.3 is 4.90 Å². The minimum Gasteiger partial charge on any atom is -0.308 e. The monoisotopic (exact) mass is 449 g/mol. The first-order valence-corrected chi connectivity index (χ1v) is 12.3. The van der Waals surface area contributed by atoms with Gasteiger partial charge in [0.1, 0.15) is 5.82 Å². The van der Waals surface area contributed by atoms with Crippen LogP contribution < -0.4 is 4.90 Å². The fourth-order valence-corrected chi connectivity index (χ4v) is 5.25. The van der Waals surface area contributed by atoms with Gasteiger partial charge in [-0.3, -0.25) is 9.69 Å². The minimum atomic E-state index is -0.249. The normalized spacial score (nSPS) is 11.3. The van der Waals surface area contributed by atoms with Gasteiger partial charge in [-0.2, -0.15) is 0 Å². The van der Waals surface area contributed by atoms with Crippen LogP contribution in [0, 0.1) is 5.82 Å². The van der Waals surface area contributed by atoms with Gasteiger partial charge >= 0.3 is 0 Å². The lowest BCUT2D eigenvalue weighted by Crippen LogP contribution is -2.36. The molecule has 154 valence electrons. The first-order valence-electron chi connectivity index (χ1n) is 9.25. The van der Waals surface area contributed by atoms with E-state index in [2.05, 4.69) is 17.0 Å². The maximum Gasteiger partial charge on any atom is 0.229 e. The van der Waals surface area contributed by atoms with Gasteiger partial charge in [-0.25, -0.2) is 9.37 Å². The molecule has 0 N–H and O–H groups in total. The van der Waals surface area contributed by atoms with Gasteiger partial charge in [-0.1, -0.05) is 17.4 Å². The quantitative estimate of drug-likeness (QED) is 0.418. The van der Waals surface area contributed by atoms with Crippen LogP contribution in [0.25, 0.3) is 10.2 Å². The average molecular weight is 450 g/mol.